The molecule has 6 heterocycles. The largest absolute Gasteiger partial charge is 0.418 e. The summed E-state index contributed by atoms with van der Waals surface area (Å²) in [5, 5.41) is 21.3. The molecule has 0 saturated carbocycles. The number of ether oxygens (including phenoxy) is 1. The van der Waals surface area contributed by atoms with Gasteiger partial charge in [-0.2, -0.15) is 10.2 Å². The molecule has 7 rings (SSSR count). The maximum Gasteiger partial charge on any atom is 0.244 e. The standard InChI is InChI=1S/C24H19ClN10O/c1-13-18-19(16-7-27-33(2)10-16)20-22-29-21(32-35(22)12-26-23(20)36-24(18)31-30-13)15-5-3-14(4-6-15)9-34-11-17(25)8-28-34/h3-8,10-12,19H,9H2,1-2H3,(H,30,31)/t19-/m0/s1. The maximum atomic E-state index is 6.07. The van der Waals surface area contributed by atoms with E-state index in [1.165, 1.54) is 0 Å². The van der Waals surface area contributed by atoms with Gasteiger partial charge in [-0.05, 0) is 12.5 Å². The van der Waals surface area contributed by atoms with E-state index in [0.717, 1.165) is 33.5 Å². The highest BCUT2D eigenvalue weighted by molar-refractivity contribution is 6.30. The second-order valence-corrected chi connectivity index (χ2v) is 9.21. The zero-order valence-electron chi connectivity index (χ0n) is 19.3. The van der Waals surface area contributed by atoms with Gasteiger partial charge in [0.2, 0.25) is 11.8 Å². The number of aryl methyl sites for hydroxylation is 2. The summed E-state index contributed by atoms with van der Waals surface area (Å²) in [6.07, 6.45) is 8.88. The van der Waals surface area contributed by atoms with Crippen LogP contribution < -0.4 is 4.74 Å². The smallest absolute Gasteiger partial charge is 0.244 e. The van der Waals surface area contributed by atoms with Crippen molar-refractivity contribution in [3.05, 3.63) is 88.4 Å². The minimum atomic E-state index is -0.201. The molecule has 0 bridgehead atoms. The van der Waals surface area contributed by atoms with E-state index in [9.17, 15) is 0 Å². The first-order chi connectivity index (χ1) is 17.5. The van der Waals surface area contributed by atoms with Crippen molar-refractivity contribution in [3.63, 3.8) is 0 Å². The molecule has 1 N–H and O–H groups in total. The predicted molar refractivity (Wildman–Crippen MR) is 130 cm³/mol. The topological polar surface area (TPSA) is 117 Å². The van der Waals surface area contributed by atoms with Crippen LogP contribution in [-0.4, -0.2) is 49.3 Å². The van der Waals surface area contributed by atoms with Crippen molar-refractivity contribution >= 4 is 17.2 Å². The van der Waals surface area contributed by atoms with Gasteiger partial charge in [-0.3, -0.25) is 14.5 Å². The fraction of sp³-hybridized carbons (Fsp3) is 0.167. The van der Waals surface area contributed by atoms with Crippen molar-refractivity contribution in [2.24, 2.45) is 7.05 Å². The Morgan fingerprint density at radius 2 is 1.92 bits per heavy atom. The summed E-state index contributed by atoms with van der Waals surface area (Å²) in [4.78, 5) is 9.47. The highest BCUT2D eigenvalue weighted by Gasteiger charge is 2.37. The summed E-state index contributed by atoms with van der Waals surface area (Å²) in [6, 6.07) is 8.07. The molecule has 1 aliphatic heterocycles. The van der Waals surface area contributed by atoms with Crippen molar-refractivity contribution < 1.29 is 4.74 Å². The van der Waals surface area contributed by atoms with E-state index in [1.54, 1.807) is 32.6 Å². The number of hydrogen-bond donors (Lipinski definition) is 1. The van der Waals surface area contributed by atoms with Crippen LogP contribution in [0.2, 0.25) is 5.02 Å². The molecule has 11 nitrogen and oxygen atoms in total. The van der Waals surface area contributed by atoms with Crippen LogP contribution in [0.3, 0.4) is 0 Å². The zero-order chi connectivity index (χ0) is 24.4. The Morgan fingerprint density at radius 3 is 2.67 bits per heavy atom. The van der Waals surface area contributed by atoms with E-state index < -0.39 is 0 Å². The monoisotopic (exact) mass is 498 g/mol. The van der Waals surface area contributed by atoms with E-state index in [-0.39, 0.29) is 5.92 Å². The van der Waals surface area contributed by atoms with Crippen molar-refractivity contribution in [3.8, 4) is 23.1 Å². The number of nitrogens with one attached hydrogen (secondary N) is 1. The first-order valence-corrected chi connectivity index (χ1v) is 11.6. The normalized spacial score (nSPS) is 14.6. The number of benzene rings is 1. The van der Waals surface area contributed by atoms with E-state index >= 15 is 0 Å². The SMILES string of the molecule is Cc1[nH]nc2c1[C@H](c1cnn(C)c1)c1c(ncn3nc(-c4ccc(Cn5cc(Cl)cn5)cc4)nc13)O2. The summed E-state index contributed by atoms with van der Waals surface area (Å²) in [7, 11) is 1.89. The molecular weight excluding hydrogens is 480 g/mol. The van der Waals surface area contributed by atoms with Crippen LogP contribution in [-0.2, 0) is 13.6 Å². The van der Waals surface area contributed by atoms with Gasteiger partial charge >= 0.3 is 0 Å². The Kier molecular flexibility index (Phi) is 4.48. The summed E-state index contributed by atoms with van der Waals surface area (Å²) < 4.78 is 11.3. The van der Waals surface area contributed by atoms with Crippen molar-refractivity contribution in [1.29, 1.82) is 0 Å². The highest BCUT2D eigenvalue weighted by atomic mass is 35.5. The summed E-state index contributed by atoms with van der Waals surface area (Å²) in [5.74, 6) is 1.37. The molecule has 36 heavy (non-hydrogen) atoms. The lowest BCUT2D eigenvalue weighted by Gasteiger charge is -2.24. The predicted octanol–water partition coefficient (Wildman–Crippen LogP) is 3.74. The molecule has 0 amide bonds. The molecule has 0 radical (unpaired) electrons. The Bertz CT molecular complexity index is 1740. The molecular formula is C24H19ClN10O. The first-order valence-electron chi connectivity index (χ1n) is 11.3. The average Bonchev–Trinajstić information content (AvgIpc) is 3.66. The Hall–Kier alpha value is -4.51. The zero-order valence-corrected chi connectivity index (χ0v) is 20.0. The van der Waals surface area contributed by atoms with Gasteiger partial charge in [0.25, 0.3) is 0 Å². The summed E-state index contributed by atoms with van der Waals surface area (Å²) in [6.45, 7) is 2.60. The lowest BCUT2D eigenvalue weighted by molar-refractivity contribution is 0.416. The minimum absolute atomic E-state index is 0.201. The molecule has 0 saturated heterocycles. The first kappa shape index (κ1) is 20.8. The molecule has 12 heteroatoms. The second kappa shape index (κ2) is 7.75. The molecule has 0 fully saturated rings. The molecule has 1 atom stereocenters. The minimum Gasteiger partial charge on any atom is -0.418 e. The number of rotatable bonds is 4. The van der Waals surface area contributed by atoms with Gasteiger partial charge in [0.1, 0.15) is 6.33 Å². The number of fused-ring (bicyclic) bond motifs is 4. The Morgan fingerprint density at radius 1 is 1.06 bits per heavy atom. The number of hydrogen-bond acceptors (Lipinski definition) is 7. The van der Waals surface area contributed by atoms with Gasteiger partial charge in [0.15, 0.2) is 11.5 Å². The third-order valence-corrected chi connectivity index (χ3v) is 6.53. The van der Waals surface area contributed by atoms with Crippen molar-refractivity contribution in [2.45, 2.75) is 19.4 Å². The number of nitrogens with zero attached hydrogens (tertiary/aromatic N) is 9. The maximum absolute atomic E-state index is 6.07. The van der Waals surface area contributed by atoms with Gasteiger partial charge < -0.3 is 4.74 Å². The van der Waals surface area contributed by atoms with Crippen LogP contribution in [0.1, 0.15) is 33.9 Å². The van der Waals surface area contributed by atoms with Crippen LogP contribution in [0.25, 0.3) is 17.0 Å². The highest BCUT2D eigenvalue weighted by Crippen LogP contribution is 2.48. The number of aromatic nitrogens is 10. The van der Waals surface area contributed by atoms with Crippen molar-refractivity contribution in [2.75, 3.05) is 0 Å². The number of aromatic amines is 1. The van der Waals surface area contributed by atoms with E-state index in [4.69, 9.17) is 26.4 Å². The van der Waals surface area contributed by atoms with Crippen molar-refractivity contribution in [1.82, 2.24) is 49.3 Å². The third kappa shape index (κ3) is 3.28. The number of halogens is 1. The Labute approximate surface area is 209 Å². The fourth-order valence-corrected chi connectivity index (χ4v) is 4.84. The number of H-pyrrole nitrogens is 1. The summed E-state index contributed by atoms with van der Waals surface area (Å²) in [5.41, 5.74) is 6.34. The molecule has 6 aromatic rings. The molecule has 1 aromatic carbocycles. The van der Waals surface area contributed by atoms with Crippen LogP contribution in [0, 0.1) is 6.92 Å². The lowest BCUT2D eigenvalue weighted by atomic mass is 9.86. The van der Waals surface area contributed by atoms with E-state index in [1.807, 2.05) is 50.6 Å². The van der Waals surface area contributed by atoms with Crippen LogP contribution >= 0.6 is 11.6 Å². The van der Waals surface area contributed by atoms with Crippen LogP contribution in [0.5, 0.6) is 11.8 Å². The Balaban J connectivity index is 1.31. The van der Waals surface area contributed by atoms with Gasteiger partial charge in [-0.15, -0.1) is 10.2 Å². The molecule has 0 unspecified atom stereocenters. The van der Waals surface area contributed by atoms with E-state index in [2.05, 4.69) is 25.4 Å². The molecule has 178 valence electrons. The summed E-state index contributed by atoms with van der Waals surface area (Å²) >= 11 is 5.98. The van der Waals surface area contributed by atoms with Gasteiger partial charge in [0.05, 0.1) is 35.4 Å². The van der Waals surface area contributed by atoms with Gasteiger partial charge in [-0.25, -0.2) is 14.5 Å². The molecule has 0 spiro atoms. The molecule has 5 aromatic heterocycles. The van der Waals surface area contributed by atoms with Crippen LogP contribution in [0.4, 0.5) is 0 Å². The van der Waals surface area contributed by atoms with E-state index in [0.29, 0.717) is 34.8 Å². The van der Waals surface area contributed by atoms with Crippen LogP contribution in [0.15, 0.2) is 55.4 Å². The average molecular weight is 499 g/mol. The third-order valence-electron chi connectivity index (χ3n) is 6.33. The second-order valence-electron chi connectivity index (χ2n) is 8.77. The fourth-order valence-electron chi connectivity index (χ4n) is 4.68. The lowest BCUT2D eigenvalue weighted by Crippen LogP contribution is -2.14. The van der Waals surface area contributed by atoms with Gasteiger partial charge in [0, 0.05) is 41.8 Å². The molecule has 1 aliphatic rings. The quantitative estimate of drug-likeness (QED) is 0.393. The molecule has 0 aliphatic carbocycles. The van der Waals surface area contributed by atoms with Gasteiger partial charge in [-0.1, -0.05) is 35.9 Å².